The molecule has 0 rings (SSSR count). The topological polar surface area (TPSA) is 139 Å². The maximum Gasteiger partial charge on any atom is 0.117 e. The molecule has 0 fully saturated rings. The maximum atomic E-state index is 10.4. The van der Waals surface area contributed by atoms with Gasteiger partial charge in [0.15, 0.2) is 0 Å². The van der Waals surface area contributed by atoms with Crippen molar-refractivity contribution in [1.29, 1.82) is 0 Å². The molecule has 7 heteroatoms. The Morgan fingerprint density at radius 2 is 1.05 bits per heavy atom. The van der Waals surface area contributed by atoms with Gasteiger partial charge in [0.25, 0.3) is 0 Å². The van der Waals surface area contributed by atoms with E-state index in [2.05, 4.69) is 0 Å². The van der Waals surface area contributed by atoms with Crippen LogP contribution in [0, 0.1) is 0 Å². The molecule has 7 nitrogen and oxygen atoms in total. The molecule has 4 unspecified atom stereocenters. The first-order chi connectivity index (χ1) is 9.74. The van der Waals surface area contributed by atoms with E-state index in [0.717, 1.165) is 0 Å². The zero-order valence-corrected chi connectivity index (χ0v) is 13.5. The third-order valence-corrected chi connectivity index (χ3v) is 4.60. The summed E-state index contributed by atoms with van der Waals surface area (Å²) in [5.41, 5.74) is 4.58. The summed E-state index contributed by atoms with van der Waals surface area (Å²) in [6.07, 6.45) is -4.22. The lowest BCUT2D eigenvalue weighted by Gasteiger charge is -2.55. The summed E-state index contributed by atoms with van der Waals surface area (Å²) in [6.45, 7) is 6.67. The third kappa shape index (κ3) is 3.24. The fourth-order valence-electron chi connectivity index (χ4n) is 3.14. The van der Waals surface area contributed by atoms with Gasteiger partial charge < -0.3 is 31.4 Å². The van der Waals surface area contributed by atoms with E-state index >= 15 is 0 Å². The van der Waals surface area contributed by atoms with Gasteiger partial charge in [-0.05, 0) is 25.7 Å². The van der Waals surface area contributed by atoms with Gasteiger partial charge in [0.05, 0.1) is 30.0 Å². The van der Waals surface area contributed by atoms with Crippen molar-refractivity contribution in [2.75, 3.05) is 0 Å². The Labute approximate surface area is 126 Å². The van der Waals surface area contributed by atoms with E-state index in [0.29, 0.717) is 0 Å². The van der Waals surface area contributed by atoms with Crippen LogP contribution in [-0.2, 0) is 0 Å². The molecule has 0 aliphatic carbocycles. The predicted octanol–water partition coefficient (Wildman–Crippen LogP) is -0.515. The van der Waals surface area contributed by atoms with E-state index in [-0.39, 0.29) is 25.7 Å². The van der Waals surface area contributed by atoms with E-state index in [1.54, 1.807) is 27.7 Å². The average molecular weight is 308 g/mol. The van der Waals surface area contributed by atoms with Crippen LogP contribution in [0.2, 0.25) is 0 Å². The van der Waals surface area contributed by atoms with Crippen LogP contribution in [-0.4, -0.2) is 61.1 Å². The molecule has 0 aliphatic rings. The van der Waals surface area contributed by atoms with Crippen LogP contribution >= 0.6 is 0 Å². The van der Waals surface area contributed by atoms with Crippen LogP contribution in [0.5, 0.6) is 0 Å². The molecule has 0 saturated heterocycles. The number of hydroxylamine groups is 1. The third-order valence-electron chi connectivity index (χ3n) is 4.60. The zero-order valence-electron chi connectivity index (χ0n) is 13.5. The minimum atomic E-state index is -1.85. The average Bonchev–Trinajstić information content (AvgIpc) is 2.52. The summed E-state index contributed by atoms with van der Waals surface area (Å²) in [4.78, 5) is 0. The van der Waals surface area contributed by atoms with Crippen molar-refractivity contribution in [3.8, 4) is 0 Å². The van der Waals surface area contributed by atoms with Crippen molar-refractivity contribution in [3.05, 3.63) is 0 Å². The van der Waals surface area contributed by atoms with Crippen molar-refractivity contribution < 1.29 is 25.6 Å². The van der Waals surface area contributed by atoms with E-state index in [4.69, 9.17) is 5.73 Å². The Morgan fingerprint density at radius 3 is 1.24 bits per heavy atom. The quantitative estimate of drug-likeness (QED) is 0.270. The molecule has 0 bridgehead atoms. The van der Waals surface area contributed by atoms with Crippen LogP contribution in [0.25, 0.3) is 0 Å². The highest BCUT2D eigenvalue weighted by Crippen LogP contribution is 2.37. The van der Waals surface area contributed by atoms with Crippen molar-refractivity contribution in [3.63, 3.8) is 0 Å². The molecule has 21 heavy (non-hydrogen) atoms. The highest BCUT2D eigenvalue weighted by Gasteiger charge is 2.62. The van der Waals surface area contributed by atoms with Crippen LogP contribution in [0.3, 0.4) is 0 Å². The first-order valence-electron chi connectivity index (χ1n) is 7.66. The summed E-state index contributed by atoms with van der Waals surface area (Å²) >= 11 is 0. The van der Waals surface area contributed by atoms with Crippen molar-refractivity contribution in [2.45, 2.75) is 88.9 Å². The SMILES string of the molecule is CCC(O)C(N)(C(O)CC)C(NO)(C(O)CC)C(O)CC. The molecule has 0 spiro atoms. The zero-order chi connectivity index (χ0) is 16.8. The highest BCUT2D eigenvalue weighted by molar-refractivity contribution is 5.20. The lowest BCUT2D eigenvalue weighted by atomic mass is 9.62. The molecule has 8 N–H and O–H groups in total. The fourth-order valence-corrected chi connectivity index (χ4v) is 3.14. The number of rotatable bonds is 10. The van der Waals surface area contributed by atoms with E-state index in [1.165, 1.54) is 0 Å². The second-order valence-electron chi connectivity index (χ2n) is 5.61. The molecule has 128 valence electrons. The molecule has 0 aromatic rings. The summed E-state index contributed by atoms with van der Waals surface area (Å²) in [5.74, 6) is 0. The number of hydrogen-bond acceptors (Lipinski definition) is 7. The standard InChI is InChI=1S/C14H32N2O5/c1-5-9(17)13(15,10(18)6-2)14(16-21,11(19)7-3)12(20)8-4/h9-12,16-21H,5-8,15H2,1-4H3. The second kappa shape index (κ2) is 8.38. The number of nitrogens with two attached hydrogens (primary N) is 1. The molecular weight excluding hydrogens is 276 g/mol. The number of nitrogens with one attached hydrogen (secondary N) is 1. The van der Waals surface area contributed by atoms with Gasteiger partial charge in [0, 0.05) is 0 Å². The van der Waals surface area contributed by atoms with Gasteiger partial charge in [-0.2, -0.15) is 5.48 Å². The predicted molar refractivity (Wildman–Crippen MR) is 79.8 cm³/mol. The lowest BCUT2D eigenvalue weighted by molar-refractivity contribution is -0.186. The van der Waals surface area contributed by atoms with Gasteiger partial charge in [-0.15, -0.1) is 0 Å². The molecule has 0 aromatic heterocycles. The minimum Gasteiger partial charge on any atom is -0.391 e. The van der Waals surface area contributed by atoms with Crippen LogP contribution in [0.15, 0.2) is 0 Å². The number of aliphatic hydroxyl groups excluding tert-OH is 4. The fraction of sp³-hybridized carbons (Fsp3) is 1.00. The summed E-state index contributed by atoms with van der Waals surface area (Å²) in [5, 5.41) is 51.3. The van der Waals surface area contributed by atoms with Crippen LogP contribution in [0.1, 0.15) is 53.4 Å². The Bertz CT molecular complexity index is 283. The molecule has 4 atom stereocenters. The van der Waals surface area contributed by atoms with E-state index < -0.39 is 35.5 Å². The summed E-state index contributed by atoms with van der Waals surface area (Å²) in [7, 11) is 0. The van der Waals surface area contributed by atoms with E-state index in [9.17, 15) is 25.6 Å². The molecular formula is C14H32N2O5. The Morgan fingerprint density at radius 1 is 0.762 bits per heavy atom. The van der Waals surface area contributed by atoms with Gasteiger partial charge in [0.1, 0.15) is 5.54 Å². The number of hydrogen-bond donors (Lipinski definition) is 7. The summed E-state index contributed by atoms with van der Waals surface area (Å²) in [6, 6.07) is 0. The maximum absolute atomic E-state index is 10.4. The van der Waals surface area contributed by atoms with Gasteiger partial charge in [0.2, 0.25) is 0 Å². The molecule has 0 aliphatic heterocycles. The smallest absolute Gasteiger partial charge is 0.117 e. The molecule has 0 radical (unpaired) electrons. The largest absolute Gasteiger partial charge is 0.391 e. The van der Waals surface area contributed by atoms with Gasteiger partial charge in [-0.3, -0.25) is 0 Å². The Kier molecular flexibility index (Phi) is 8.27. The molecule has 0 amide bonds. The normalized spacial score (nSPS) is 23.7. The van der Waals surface area contributed by atoms with Crippen LogP contribution < -0.4 is 11.2 Å². The van der Waals surface area contributed by atoms with E-state index in [1.807, 2.05) is 5.48 Å². The Balaban J connectivity index is 6.25. The lowest BCUT2D eigenvalue weighted by Crippen LogP contribution is -2.84. The molecule has 0 aromatic carbocycles. The highest BCUT2D eigenvalue weighted by atomic mass is 16.5. The van der Waals surface area contributed by atoms with Crippen molar-refractivity contribution in [2.24, 2.45) is 5.73 Å². The first kappa shape index (κ1) is 20.7. The van der Waals surface area contributed by atoms with Crippen molar-refractivity contribution in [1.82, 2.24) is 5.48 Å². The first-order valence-corrected chi connectivity index (χ1v) is 7.66. The summed E-state index contributed by atoms with van der Waals surface area (Å²) < 4.78 is 0. The van der Waals surface area contributed by atoms with Gasteiger partial charge in [-0.1, -0.05) is 27.7 Å². The Hall–Kier alpha value is -0.280. The number of aliphatic hydroxyl groups is 4. The minimum absolute atomic E-state index is 0.177. The van der Waals surface area contributed by atoms with Gasteiger partial charge >= 0.3 is 0 Å². The second-order valence-corrected chi connectivity index (χ2v) is 5.61. The van der Waals surface area contributed by atoms with Crippen molar-refractivity contribution >= 4 is 0 Å². The monoisotopic (exact) mass is 308 g/mol. The molecule has 0 saturated carbocycles. The molecule has 0 heterocycles. The van der Waals surface area contributed by atoms with Gasteiger partial charge in [-0.25, -0.2) is 0 Å². The van der Waals surface area contributed by atoms with Crippen LogP contribution in [0.4, 0.5) is 0 Å².